The Bertz CT molecular complexity index is 2070. The van der Waals surface area contributed by atoms with Gasteiger partial charge in [0.05, 0.1) is 35.5 Å². The lowest BCUT2D eigenvalue weighted by Crippen LogP contribution is -2.66. The number of ketones is 2. The molecule has 4 aliphatic rings. The summed E-state index contributed by atoms with van der Waals surface area (Å²) >= 11 is 0. The molecule has 1 heterocycles. The van der Waals surface area contributed by atoms with E-state index >= 15 is 0 Å². The van der Waals surface area contributed by atoms with E-state index in [1.807, 2.05) is 0 Å². The van der Waals surface area contributed by atoms with Crippen molar-refractivity contribution in [3.8, 4) is 17.2 Å². The molecule has 0 amide bonds. The Morgan fingerprint density at radius 1 is 1.02 bits per heavy atom. The second-order valence-corrected chi connectivity index (χ2v) is 11.0. The lowest BCUT2D eigenvalue weighted by atomic mass is 9.53. The number of fused-ring (bicyclic) bond motifs is 3. The van der Waals surface area contributed by atoms with Crippen molar-refractivity contribution in [3.05, 3.63) is 86.1 Å². The van der Waals surface area contributed by atoms with E-state index in [1.165, 1.54) is 36.4 Å². The van der Waals surface area contributed by atoms with Crippen LogP contribution in [-0.4, -0.2) is 55.8 Å². The van der Waals surface area contributed by atoms with E-state index in [-0.39, 0.29) is 45.2 Å². The molecule has 4 aliphatic carbocycles. The van der Waals surface area contributed by atoms with Gasteiger partial charge in [0.25, 0.3) is 0 Å². The number of aromatic hydroxyl groups is 3. The molecule has 42 heavy (non-hydrogen) atoms. The number of allylic oxidation sites excluding steroid dienone is 1. The second-order valence-electron chi connectivity index (χ2n) is 11.0. The molecule has 4 atom stereocenters. The SMILES string of the molecule is COC(=O)c1c(O)ccc2oc3cc4c(c(O)c3c(=O)c12)[C@@H]1C=C[C@@]2(C4)[C@@H](O)c3cc(C)cc(O)c3C(=O)[C@@]2(O)C1=O. The number of methoxy groups -OCH3 is 1. The number of carbonyl (C=O) groups is 3. The van der Waals surface area contributed by atoms with Gasteiger partial charge in [0.2, 0.25) is 11.2 Å². The van der Waals surface area contributed by atoms with E-state index in [1.54, 1.807) is 6.92 Å². The van der Waals surface area contributed by atoms with Crippen molar-refractivity contribution in [3.63, 3.8) is 0 Å². The first-order chi connectivity index (χ1) is 19.9. The zero-order valence-corrected chi connectivity index (χ0v) is 22.1. The minimum Gasteiger partial charge on any atom is -0.507 e. The molecule has 0 saturated heterocycles. The quantitative estimate of drug-likeness (QED) is 0.0978. The number of hydrogen-bond donors (Lipinski definition) is 5. The number of rotatable bonds is 1. The Kier molecular flexibility index (Phi) is 4.97. The Morgan fingerprint density at radius 3 is 2.48 bits per heavy atom. The molecule has 212 valence electrons. The van der Waals surface area contributed by atoms with Crippen LogP contribution in [0.15, 0.2) is 51.7 Å². The van der Waals surface area contributed by atoms with E-state index in [9.17, 15) is 44.7 Å². The van der Waals surface area contributed by atoms with Crippen molar-refractivity contribution in [2.45, 2.75) is 31.0 Å². The van der Waals surface area contributed by atoms with Crippen LogP contribution in [0.3, 0.4) is 0 Å². The third-order valence-electron chi connectivity index (χ3n) is 8.92. The topological polar surface area (TPSA) is 192 Å². The van der Waals surface area contributed by atoms with Gasteiger partial charge in [-0.2, -0.15) is 0 Å². The van der Waals surface area contributed by atoms with E-state index < -0.39 is 74.2 Å². The van der Waals surface area contributed by atoms with Crippen LogP contribution >= 0.6 is 0 Å². The molecule has 5 N–H and O–H groups in total. The van der Waals surface area contributed by atoms with Gasteiger partial charge >= 0.3 is 5.97 Å². The smallest absolute Gasteiger partial charge is 0.342 e. The van der Waals surface area contributed by atoms with Gasteiger partial charge in [-0.1, -0.05) is 18.2 Å². The first kappa shape index (κ1) is 25.9. The average molecular weight is 571 g/mol. The molecule has 11 heteroatoms. The summed E-state index contributed by atoms with van der Waals surface area (Å²) in [6, 6.07) is 6.59. The molecule has 0 radical (unpaired) electrons. The number of benzene rings is 3. The van der Waals surface area contributed by atoms with Crippen LogP contribution in [-0.2, 0) is 16.0 Å². The lowest BCUT2D eigenvalue weighted by molar-refractivity contribution is -0.154. The van der Waals surface area contributed by atoms with Crippen LogP contribution in [0.4, 0.5) is 0 Å². The second kappa shape index (κ2) is 8.05. The fraction of sp³-hybridized carbons (Fsp3) is 0.226. The zero-order chi connectivity index (χ0) is 30.0. The Morgan fingerprint density at radius 2 is 1.76 bits per heavy atom. The number of aliphatic hydroxyl groups is 2. The fourth-order valence-electron chi connectivity index (χ4n) is 7.02. The van der Waals surface area contributed by atoms with Crippen LogP contribution in [0.2, 0.25) is 0 Å². The van der Waals surface area contributed by atoms with E-state index in [0.717, 1.165) is 13.2 Å². The molecule has 8 rings (SSSR count). The third-order valence-corrected chi connectivity index (χ3v) is 8.92. The standard InChI is InChI=1S/C31H22O11/c1-11-7-14-20(16(33)8-11)28(38)31(40)27(37)13-5-6-30(31,26(14)36)10-12-9-18-23(24(34)19(12)13)25(35)22-17(42-18)4-3-15(32)21(22)29(39)41-2/h3-9,13,26,32-34,36,40H,10H2,1-2H3/t13-,26-,30+,31-/m0/s1. The highest BCUT2D eigenvalue weighted by atomic mass is 16.5. The van der Waals surface area contributed by atoms with E-state index in [2.05, 4.69) is 0 Å². The largest absolute Gasteiger partial charge is 0.507 e. The number of aliphatic hydroxyl groups excluding tert-OH is 1. The molecule has 4 aromatic rings. The van der Waals surface area contributed by atoms with Crippen molar-refractivity contribution in [2.75, 3.05) is 7.11 Å². The van der Waals surface area contributed by atoms with Crippen LogP contribution in [0.25, 0.3) is 21.9 Å². The van der Waals surface area contributed by atoms with Crippen molar-refractivity contribution >= 4 is 39.5 Å². The predicted octanol–water partition coefficient (Wildman–Crippen LogP) is 2.58. The van der Waals surface area contributed by atoms with Crippen molar-refractivity contribution in [2.24, 2.45) is 5.41 Å². The lowest BCUT2D eigenvalue weighted by Gasteiger charge is -2.51. The normalized spacial score (nSPS) is 25.7. The number of carbonyl (C=O) groups excluding carboxylic acids is 3. The molecular weight excluding hydrogens is 548 g/mol. The van der Waals surface area contributed by atoms with Gasteiger partial charge in [-0.3, -0.25) is 14.4 Å². The molecule has 1 aromatic heterocycles. The number of Topliss-reactive ketones (excluding diaryl/α,β-unsaturated/α-hetero) is 2. The van der Waals surface area contributed by atoms with Crippen LogP contribution in [0.1, 0.15) is 55.0 Å². The molecule has 2 bridgehead atoms. The van der Waals surface area contributed by atoms with Gasteiger partial charge in [0, 0.05) is 5.56 Å². The van der Waals surface area contributed by atoms with Gasteiger partial charge in [0.15, 0.2) is 11.4 Å². The van der Waals surface area contributed by atoms with E-state index in [4.69, 9.17) is 9.15 Å². The van der Waals surface area contributed by atoms with Crippen molar-refractivity contribution in [1.82, 2.24) is 0 Å². The van der Waals surface area contributed by atoms with Crippen LogP contribution in [0, 0.1) is 12.3 Å². The molecule has 3 aromatic carbocycles. The third kappa shape index (κ3) is 2.81. The van der Waals surface area contributed by atoms with Gasteiger partial charge in [-0.05, 0) is 54.3 Å². The Balaban J connectivity index is 1.55. The van der Waals surface area contributed by atoms with Gasteiger partial charge in [-0.25, -0.2) is 4.79 Å². The Hall–Kier alpha value is -5.00. The van der Waals surface area contributed by atoms with Gasteiger partial charge in [-0.15, -0.1) is 0 Å². The summed E-state index contributed by atoms with van der Waals surface area (Å²) in [5.41, 5.74) is -6.00. The maximum absolute atomic E-state index is 14.1. The molecule has 0 unspecified atom stereocenters. The van der Waals surface area contributed by atoms with Gasteiger partial charge < -0.3 is 34.7 Å². The first-order valence-corrected chi connectivity index (χ1v) is 12.9. The minimum absolute atomic E-state index is 0.0409. The number of esters is 1. The predicted molar refractivity (Wildman–Crippen MR) is 145 cm³/mol. The maximum Gasteiger partial charge on any atom is 0.342 e. The van der Waals surface area contributed by atoms with E-state index in [0.29, 0.717) is 5.56 Å². The molecule has 0 fully saturated rings. The summed E-state index contributed by atoms with van der Waals surface area (Å²) in [5.74, 6) is -6.31. The minimum atomic E-state index is -2.82. The Labute approximate surface area is 235 Å². The van der Waals surface area contributed by atoms with Gasteiger partial charge in [0.1, 0.15) is 39.4 Å². The summed E-state index contributed by atoms with van der Waals surface area (Å²) in [5, 5.41) is 55.4. The molecule has 1 spiro atoms. The summed E-state index contributed by atoms with van der Waals surface area (Å²) in [4.78, 5) is 54.2. The molecular formula is C31H22O11. The van der Waals surface area contributed by atoms with Crippen LogP contribution < -0.4 is 5.43 Å². The van der Waals surface area contributed by atoms with Crippen molar-refractivity contribution < 1.29 is 49.1 Å². The summed E-state index contributed by atoms with van der Waals surface area (Å²) in [6.45, 7) is 1.65. The average Bonchev–Trinajstić information content (AvgIpc) is 3.16. The highest BCUT2D eigenvalue weighted by Crippen LogP contribution is 2.61. The number of phenolic OH excluding ortho intramolecular Hbond substituents is 3. The summed E-state index contributed by atoms with van der Waals surface area (Å²) in [6.07, 6.45) is 0.792. The fourth-order valence-corrected chi connectivity index (χ4v) is 7.02. The van der Waals surface area contributed by atoms with Crippen molar-refractivity contribution in [1.29, 1.82) is 0 Å². The zero-order valence-electron chi connectivity index (χ0n) is 22.1. The summed E-state index contributed by atoms with van der Waals surface area (Å²) < 4.78 is 10.6. The number of hydrogen-bond acceptors (Lipinski definition) is 11. The molecule has 11 nitrogen and oxygen atoms in total. The highest BCUT2D eigenvalue weighted by Gasteiger charge is 2.70. The highest BCUT2D eigenvalue weighted by molar-refractivity contribution is 6.24. The number of phenols is 3. The molecule has 0 aliphatic heterocycles. The number of ether oxygens (including phenoxy) is 1. The first-order valence-electron chi connectivity index (χ1n) is 12.9. The molecule has 0 saturated carbocycles. The number of aryl methyl sites for hydroxylation is 1. The monoisotopic (exact) mass is 570 g/mol. The maximum atomic E-state index is 14.1. The van der Waals surface area contributed by atoms with Crippen LogP contribution in [0.5, 0.6) is 17.2 Å². The summed E-state index contributed by atoms with van der Waals surface area (Å²) in [7, 11) is 1.06.